The minimum absolute atomic E-state index is 0.869. The minimum atomic E-state index is 0.869. The first-order chi connectivity index (χ1) is 3.33. The molecule has 4 heteroatoms. The Morgan fingerprint density at radius 1 is 1.43 bits per heavy atom. The van der Waals surface area contributed by atoms with E-state index in [1.54, 1.807) is 7.11 Å². The van der Waals surface area contributed by atoms with Crippen molar-refractivity contribution < 1.29 is 8.85 Å². The van der Waals surface area contributed by atoms with Crippen molar-refractivity contribution in [1.82, 2.24) is 0 Å². The van der Waals surface area contributed by atoms with Crippen molar-refractivity contribution in [3.8, 4) is 0 Å². The van der Waals surface area contributed by atoms with Crippen LogP contribution in [0.3, 0.4) is 0 Å². The predicted octanol–water partition coefficient (Wildman–Crippen LogP) is -1.78. The quantitative estimate of drug-likeness (QED) is 0.399. The summed E-state index contributed by atoms with van der Waals surface area (Å²) in [6, 6.07) is 0. The second-order valence-corrected chi connectivity index (χ2v) is 2.38. The summed E-state index contributed by atoms with van der Waals surface area (Å²) in [6.45, 7) is 2.87. The summed E-state index contributed by atoms with van der Waals surface area (Å²) in [5.41, 5.74) is 0. The molecule has 2 nitrogen and oxygen atoms in total. The van der Waals surface area contributed by atoms with Crippen LogP contribution in [-0.2, 0) is 8.85 Å². The largest absolute Gasteiger partial charge is 0.431 e. The van der Waals surface area contributed by atoms with Gasteiger partial charge in [0.25, 0.3) is 0 Å². The van der Waals surface area contributed by atoms with Crippen LogP contribution in [0.4, 0.5) is 0 Å². The van der Waals surface area contributed by atoms with E-state index in [1.165, 1.54) is 0 Å². The highest BCUT2D eigenvalue weighted by atomic mass is 28.2. The smallest absolute Gasteiger partial charge is 0.145 e. The maximum Gasteiger partial charge on any atom is 0.145 e. The molecular formula is C3H14O2Si2. The first-order valence-electron chi connectivity index (χ1n) is 2.22. The van der Waals surface area contributed by atoms with Crippen LogP contribution < -0.4 is 0 Å². The molecule has 0 heterocycles. The molecule has 0 rings (SSSR count). The molecule has 0 aliphatic rings. The second kappa shape index (κ2) is 16.2. The van der Waals surface area contributed by atoms with Crippen LogP contribution in [0, 0.1) is 0 Å². The van der Waals surface area contributed by atoms with Crippen molar-refractivity contribution in [3.63, 3.8) is 0 Å². The highest BCUT2D eigenvalue weighted by Gasteiger charge is 1.51. The Kier molecular flexibility index (Phi) is 24.0. The molecule has 0 spiro atoms. The van der Waals surface area contributed by atoms with Crippen LogP contribution in [0.25, 0.3) is 0 Å². The first-order valence-corrected chi connectivity index (χ1v) is 3.85. The van der Waals surface area contributed by atoms with Crippen molar-refractivity contribution in [3.05, 3.63) is 0 Å². The lowest BCUT2D eigenvalue weighted by Crippen LogP contribution is -1.76. The van der Waals surface area contributed by atoms with E-state index in [9.17, 15) is 0 Å². The highest BCUT2D eigenvalue weighted by Crippen LogP contribution is 1.50. The molecule has 0 N–H and O–H groups in total. The summed E-state index contributed by atoms with van der Waals surface area (Å²) >= 11 is 0. The lowest BCUT2D eigenvalue weighted by Gasteiger charge is -1.77. The summed E-state index contributed by atoms with van der Waals surface area (Å²) in [5.74, 6) is 0. The number of hydrogen-bond acceptors (Lipinski definition) is 2. The van der Waals surface area contributed by atoms with Crippen LogP contribution in [0.15, 0.2) is 0 Å². The summed E-state index contributed by atoms with van der Waals surface area (Å²) in [5, 5.41) is 0. The number of hydrogen-bond donors (Lipinski definition) is 0. The Hall–Kier alpha value is 0.354. The molecule has 0 unspecified atom stereocenters. The van der Waals surface area contributed by atoms with Crippen LogP contribution in [-0.4, -0.2) is 34.7 Å². The SMILES string of the molecule is CCO[SiH3].CO[SiH3]. The van der Waals surface area contributed by atoms with E-state index < -0.39 is 0 Å². The topological polar surface area (TPSA) is 18.5 Å². The van der Waals surface area contributed by atoms with E-state index in [4.69, 9.17) is 0 Å². The average molecular weight is 138 g/mol. The van der Waals surface area contributed by atoms with E-state index in [0.29, 0.717) is 0 Å². The molecule has 0 aromatic rings. The van der Waals surface area contributed by atoms with Gasteiger partial charge in [0.2, 0.25) is 0 Å². The third-order valence-corrected chi connectivity index (χ3v) is 0.866. The monoisotopic (exact) mass is 138 g/mol. The lowest BCUT2D eigenvalue weighted by atomic mass is 10.9. The van der Waals surface area contributed by atoms with E-state index >= 15 is 0 Å². The van der Waals surface area contributed by atoms with Gasteiger partial charge < -0.3 is 8.85 Å². The zero-order chi connectivity index (χ0) is 6.12. The van der Waals surface area contributed by atoms with Gasteiger partial charge in [-0.2, -0.15) is 0 Å². The third kappa shape index (κ3) is 65.7. The van der Waals surface area contributed by atoms with E-state index in [0.717, 1.165) is 27.6 Å². The molecule has 0 saturated carbocycles. The minimum Gasteiger partial charge on any atom is -0.431 e. The lowest BCUT2D eigenvalue weighted by molar-refractivity contribution is 0.375. The summed E-state index contributed by atoms with van der Waals surface area (Å²) in [7, 11) is 3.45. The van der Waals surface area contributed by atoms with Crippen LogP contribution in [0.5, 0.6) is 0 Å². The second-order valence-electron chi connectivity index (χ2n) is 0.986. The Balaban J connectivity index is 0. The molecule has 0 saturated heterocycles. The Bertz CT molecular complexity index is 18.4. The fourth-order valence-electron chi connectivity index (χ4n) is 0. The molecule has 0 bridgehead atoms. The molecule has 0 amide bonds. The van der Waals surface area contributed by atoms with Gasteiger partial charge in [-0.15, -0.1) is 0 Å². The molecule has 0 aromatic carbocycles. The van der Waals surface area contributed by atoms with Gasteiger partial charge in [-0.1, -0.05) is 0 Å². The van der Waals surface area contributed by atoms with Crippen LogP contribution >= 0.6 is 0 Å². The normalized spacial score (nSPS) is 7.71. The van der Waals surface area contributed by atoms with E-state index in [1.807, 2.05) is 6.92 Å². The van der Waals surface area contributed by atoms with Gasteiger partial charge in [0.15, 0.2) is 0 Å². The molecule has 0 aliphatic heterocycles. The number of rotatable bonds is 1. The fraction of sp³-hybridized carbons (Fsp3) is 1.00. The zero-order valence-corrected chi connectivity index (χ0v) is 9.52. The van der Waals surface area contributed by atoms with Crippen molar-refractivity contribution in [2.24, 2.45) is 0 Å². The van der Waals surface area contributed by atoms with Gasteiger partial charge >= 0.3 is 0 Å². The Morgan fingerprint density at radius 2 is 1.57 bits per heavy atom. The van der Waals surface area contributed by atoms with Gasteiger partial charge in [0.1, 0.15) is 21.0 Å². The van der Waals surface area contributed by atoms with E-state index in [-0.39, 0.29) is 0 Å². The molecular weight excluding hydrogens is 124 g/mol. The average Bonchev–Trinajstić information content (AvgIpc) is 1.69. The Labute approximate surface area is 51.3 Å². The van der Waals surface area contributed by atoms with Crippen LogP contribution in [0.2, 0.25) is 0 Å². The summed E-state index contributed by atoms with van der Waals surface area (Å²) < 4.78 is 9.07. The molecule has 7 heavy (non-hydrogen) atoms. The van der Waals surface area contributed by atoms with Crippen LogP contribution in [0.1, 0.15) is 6.92 Å². The fourth-order valence-corrected chi connectivity index (χ4v) is 0. The molecule has 0 aliphatic carbocycles. The standard InChI is InChI=1S/C2H8OSi.CH6OSi/c1-2-3-4;1-2-3/h2H2,1,4H3;1,3H3. The van der Waals surface area contributed by atoms with Gasteiger partial charge in [-0.05, 0) is 6.92 Å². The maximum atomic E-state index is 4.68. The Morgan fingerprint density at radius 3 is 1.57 bits per heavy atom. The molecule has 46 valence electrons. The first kappa shape index (κ1) is 10.4. The predicted molar refractivity (Wildman–Crippen MR) is 38.5 cm³/mol. The highest BCUT2D eigenvalue weighted by molar-refractivity contribution is 5.98. The maximum absolute atomic E-state index is 4.68. The van der Waals surface area contributed by atoms with Gasteiger partial charge in [0.05, 0.1) is 0 Å². The van der Waals surface area contributed by atoms with Gasteiger partial charge in [0, 0.05) is 13.7 Å². The summed E-state index contributed by atoms with van der Waals surface area (Å²) in [6.07, 6.45) is 0. The molecule has 0 radical (unpaired) electrons. The van der Waals surface area contributed by atoms with E-state index in [2.05, 4.69) is 8.85 Å². The zero-order valence-electron chi connectivity index (χ0n) is 5.52. The van der Waals surface area contributed by atoms with Crippen molar-refractivity contribution in [2.45, 2.75) is 6.92 Å². The van der Waals surface area contributed by atoms with Gasteiger partial charge in [-0.3, -0.25) is 0 Å². The molecule has 0 fully saturated rings. The van der Waals surface area contributed by atoms with Crippen molar-refractivity contribution >= 4 is 21.0 Å². The van der Waals surface area contributed by atoms with Gasteiger partial charge in [-0.25, -0.2) is 0 Å². The van der Waals surface area contributed by atoms with Crippen molar-refractivity contribution in [1.29, 1.82) is 0 Å². The van der Waals surface area contributed by atoms with Crippen molar-refractivity contribution in [2.75, 3.05) is 13.7 Å². The third-order valence-electron chi connectivity index (χ3n) is 0.289. The molecule has 0 atom stereocenters. The summed E-state index contributed by atoms with van der Waals surface area (Å²) in [4.78, 5) is 0. The molecule has 0 aromatic heterocycles.